The molecule has 0 saturated carbocycles. The quantitative estimate of drug-likeness (QED) is 0.853. The van der Waals surface area contributed by atoms with Crippen molar-refractivity contribution in [2.75, 3.05) is 19.8 Å². The molecule has 7 heteroatoms. The molecule has 1 fully saturated rings. The van der Waals surface area contributed by atoms with Gasteiger partial charge in [0.25, 0.3) is 6.43 Å². The first-order valence-corrected chi connectivity index (χ1v) is 6.32. The summed E-state index contributed by atoms with van der Waals surface area (Å²) in [5.74, 6) is 0. The molecule has 0 radical (unpaired) electrons. The fourth-order valence-corrected chi connectivity index (χ4v) is 1.83. The van der Waals surface area contributed by atoms with Gasteiger partial charge in [0.2, 0.25) is 0 Å². The van der Waals surface area contributed by atoms with Crippen LogP contribution >= 0.6 is 0 Å². The van der Waals surface area contributed by atoms with Crippen LogP contribution in [0.25, 0.3) is 0 Å². The number of morpholine rings is 1. The van der Waals surface area contributed by atoms with Crippen LogP contribution in [0.1, 0.15) is 27.2 Å². The van der Waals surface area contributed by atoms with Crippen LogP contribution in [-0.4, -0.2) is 54.9 Å². The largest absolute Gasteiger partial charge is 0.444 e. The lowest BCUT2D eigenvalue weighted by atomic mass is 10.1. The van der Waals surface area contributed by atoms with E-state index >= 15 is 0 Å². The molecule has 0 aromatic rings. The van der Waals surface area contributed by atoms with Gasteiger partial charge in [0.15, 0.2) is 0 Å². The number of hydrogen-bond acceptors (Lipinski definition) is 4. The zero-order valence-corrected chi connectivity index (χ0v) is 11.6. The number of alkyl halides is 2. The van der Waals surface area contributed by atoms with Crippen LogP contribution in [0, 0.1) is 0 Å². The first-order valence-electron chi connectivity index (χ1n) is 6.32. The second kappa shape index (κ2) is 6.47. The third-order valence-electron chi connectivity index (χ3n) is 2.72. The average Bonchev–Trinajstić information content (AvgIpc) is 2.27. The van der Waals surface area contributed by atoms with Crippen LogP contribution in [-0.2, 0) is 9.47 Å². The minimum Gasteiger partial charge on any atom is -0.444 e. The Hall–Kier alpha value is -0.950. The van der Waals surface area contributed by atoms with Gasteiger partial charge >= 0.3 is 6.09 Å². The Morgan fingerprint density at radius 2 is 2.16 bits per heavy atom. The van der Waals surface area contributed by atoms with Crippen molar-refractivity contribution < 1.29 is 23.0 Å². The highest BCUT2D eigenvalue weighted by Gasteiger charge is 2.33. The summed E-state index contributed by atoms with van der Waals surface area (Å²) >= 11 is 0. The van der Waals surface area contributed by atoms with Crippen molar-refractivity contribution >= 4 is 6.09 Å². The van der Waals surface area contributed by atoms with Gasteiger partial charge in [0.05, 0.1) is 25.3 Å². The number of carbonyl (C=O) groups excluding carboxylic acids is 1. The second-order valence-corrected chi connectivity index (χ2v) is 5.64. The number of amides is 1. The van der Waals surface area contributed by atoms with Crippen molar-refractivity contribution in [3.05, 3.63) is 0 Å². The summed E-state index contributed by atoms with van der Waals surface area (Å²) in [5.41, 5.74) is 4.73. The predicted octanol–water partition coefficient (Wildman–Crippen LogP) is 1.60. The van der Waals surface area contributed by atoms with Crippen LogP contribution in [0.15, 0.2) is 0 Å². The Labute approximate surface area is 112 Å². The summed E-state index contributed by atoms with van der Waals surface area (Å²) in [6.45, 7) is 6.18. The van der Waals surface area contributed by atoms with Crippen molar-refractivity contribution in [3.8, 4) is 0 Å². The van der Waals surface area contributed by atoms with E-state index in [2.05, 4.69) is 0 Å². The van der Waals surface area contributed by atoms with E-state index in [1.165, 1.54) is 4.90 Å². The molecule has 1 heterocycles. The predicted molar refractivity (Wildman–Crippen MR) is 66.1 cm³/mol. The maximum absolute atomic E-state index is 12.5. The third-order valence-corrected chi connectivity index (χ3v) is 2.72. The lowest BCUT2D eigenvalue weighted by Crippen LogP contribution is -2.52. The lowest BCUT2D eigenvalue weighted by molar-refractivity contribution is -0.0395. The maximum atomic E-state index is 12.5. The van der Waals surface area contributed by atoms with E-state index < -0.39 is 30.2 Å². The van der Waals surface area contributed by atoms with Crippen molar-refractivity contribution in [3.63, 3.8) is 0 Å². The summed E-state index contributed by atoms with van der Waals surface area (Å²) < 4.78 is 35.4. The molecule has 112 valence electrons. The molecular weight excluding hydrogens is 258 g/mol. The fraction of sp³-hybridized carbons (Fsp3) is 0.917. The number of rotatable bonds is 3. The van der Waals surface area contributed by atoms with E-state index in [9.17, 15) is 13.6 Å². The molecule has 19 heavy (non-hydrogen) atoms. The Morgan fingerprint density at radius 1 is 1.53 bits per heavy atom. The highest BCUT2D eigenvalue weighted by Crippen LogP contribution is 2.18. The molecule has 5 nitrogen and oxygen atoms in total. The van der Waals surface area contributed by atoms with E-state index in [0.717, 1.165) is 0 Å². The molecule has 0 aromatic heterocycles. The first kappa shape index (κ1) is 16.1. The Kier molecular flexibility index (Phi) is 5.49. The van der Waals surface area contributed by atoms with E-state index in [0.29, 0.717) is 13.2 Å². The molecule has 2 N–H and O–H groups in total. The lowest BCUT2D eigenvalue weighted by Gasteiger charge is -2.37. The fourth-order valence-electron chi connectivity index (χ4n) is 1.83. The number of nitrogens with zero attached hydrogens (tertiary/aromatic N) is 1. The molecule has 0 aliphatic carbocycles. The highest BCUT2D eigenvalue weighted by molar-refractivity contribution is 5.68. The average molecular weight is 280 g/mol. The van der Waals surface area contributed by atoms with Gasteiger partial charge in [-0.2, -0.15) is 0 Å². The van der Waals surface area contributed by atoms with Gasteiger partial charge in [-0.25, -0.2) is 13.6 Å². The molecule has 1 saturated heterocycles. The number of ether oxygens (including phenoxy) is 2. The second-order valence-electron chi connectivity index (χ2n) is 5.64. The zero-order valence-electron chi connectivity index (χ0n) is 11.6. The zero-order chi connectivity index (χ0) is 14.6. The number of hydrogen-bond donors (Lipinski definition) is 1. The topological polar surface area (TPSA) is 64.8 Å². The summed E-state index contributed by atoms with van der Waals surface area (Å²) in [5, 5.41) is 0. The van der Waals surface area contributed by atoms with Crippen LogP contribution in [0.5, 0.6) is 0 Å². The van der Waals surface area contributed by atoms with Gasteiger partial charge in [-0.1, -0.05) is 0 Å². The van der Waals surface area contributed by atoms with Crippen molar-refractivity contribution in [1.29, 1.82) is 0 Å². The summed E-state index contributed by atoms with van der Waals surface area (Å²) in [7, 11) is 0. The SMILES string of the molecule is CC(C)(C)OC(=O)N1CCOCC1CC(N)C(F)F. The monoisotopic (exact) mass is 280 g/mol. The van der Waals surface area contributed by atoms with E-state index in [1.54, 1.807) is 20.8 Å². The third kappa shape index (κ3) is 5.28. The van der Waals surface area contributed by atoms with Crippen LogP contribution in [0.3, 0.4) is 0 Å². The normalized spacial score (nSPS) is 22.5. The van der Waals surface area contributed by atoms with E-state index in [1.807, 2.05) is 0 Å². The molecule has 0 bridgehead atoms. The maximum Gasteiger partial charge on any atom is 0.410 e. The number of halogens is 2. The molecule has 1 aliphatic rings. The summed E-state index contributed by atoms with van der Waals surface area (Å²) in [4.78, 5) is 13.4. The van der Waals surface area contributed by atoms with Crippen LogP contribution < -0.4 is 5.73 Å². The van der Waals surface area contributed by atoms with Crippen molar-refractivity contribution in [2.24, 2.45) is 5.73 Å². The Bertz CT molecular complexity index is 308. The first-order chi connectivity index (χ1) is 8.70. The van der Waals surface area contributed by atoms with Gasteiger partial charge in [-0.05, 0) is 27.2 Å². The molecule has 1 aliphatic heterocycles. The molecule has 0 aromatic carbocycles. The van der Waals surface area contributed by atoms with Gasteiger partial charge in [-0.3, -0.25) is 0 Å². The molecule has 2 unspecified atom stereocenters. The minimum absolute atomic E-state index is 0.00307. The van der Waals surface area contributed by atoms with Gasteiger partial charge in [0.1, 0.15) is 5.60 Å². The van der Waals surface area contributed by atoms with Crippen molar-refractivity contribution in [2.45, 2.75) is 51.3 Å². The van der Waals surface area contributed by atoms with Crippen molar-refractivity contribution in [1.82, 2.24) is 4.90 Å². The standard InChI is InChI=1S/C12H22F2N2O3/c1-12(2,3)19-11(17)16-4-5-18-7-8(16)6-9(15)10(13)14/h8-10H,4-7,15H2,1-3H3. The van der Waals surface area contributed by atoms with Crippen LogP contribution in [0.4, 0.5) is 13.6 Å². The molecule has 1 rings (SSSR count). The highest BCUT2D eigenvalue weighted by atomic mass is 19.3. The summed E-state index contributed by atoms with van der Waals surface area (Å²) in [6, 6.07) is -1.73. The van der Waals surface area contributed by atoms with E-state index in [-0.39, 0.29) is 13.0 Å². The Balaban J connectivity index is 2.64. The molecule has 2 atom stereocenters. The van der Waals surface area contributed by atoms with Gasteiger partial charge in [0, 0.05) is 6.54 Å². The summed E-state index contributed by atoms with van der Waals surface area (Å²) in [6.07, 6.45) is -3.12. The van der Waals surface area contributed by atoms with Gasteiger partial charge < -0.3 is 20.1 Å². The molecule has 1 amide bonds. The van der Waals surface area contributed by atoms with Crippen LogP contribution in [0.2, 0.25) is 0 Å². The number of carbonyl (C=O) groups is 1. The minimum atomic E-state index is -2.61. The Morgan fingerprint density at radius 3 is 2.68 bits per heavy atom. The smallest absolute Gasteiger partial charge is 0.410 e. The van der Waals surface area contributed by atoms with Gasteiger partial charge in [-0.15, -0.1) is 0 Å². The number of nitrogens with two attached hydrogens (primary N) is 1. The molecule has 0 spiro atoms. The van der Waals surface area contributed by atoms with E-state index in [4.69, 9.17) is 15.2 Å². The molecular formula is C12H22F2N2O3.